The van der Waals surface area contributed by atoms with Gasteiger partial charge in [0.1, 0.15) is 19.0 Å². The highest BCUT2D eigenvalue weighted by Crippen LogP contribution is 2.36. The summed E-state index contributed by atoms with van der Waals surface area (Å²) in [5.41, 5.74) is 3.62. The van der Waals surface area contributed by atoms with Crippen LogP contribution in [0.3, 0.4) is 0 Å². The standard InChI is InChI=1S/C22H23NO5/c1-13-4-5-14(2)21(15(13)3)28-22(25)16-10-20(24)23(12-16)17-6-7-18-19(11-17)27-9-8-26-18/h4-7,11,16H,8-10,12H2,1-3H3. The number of anilines is 1. The fourth-order valence-corrected chi connectivity index (χ4v) is 3.58. The van der Waals surface area contributed by atoms with Gasteiger partial charge in [-0.05, 0) is 49.6 Å². The number of carbonyl (C=O) groups excluding carboxylic acids is 2. The van der Waals surface area contributed by atoms with Gasteiger partial charge in [-0.25, -0.2) is 0 Å². The van der Waals surface area contributed by atoms with E-state index in [0.717, 1.165) is 16.7 Å². The molecule has 2 aromatic rings. The van der Waals surface area contributed by atoms with Crippen LogP contribution in [0.1, 0.15) is 23.1 Å². The molecule has 0 spiro atoms. The Kier molecular flexibility index (Phi) is 4.71. The van der Waals surface area contributed by atoms with Gasteiger partial charge in [0.2, 0.25) is 5.91 Å². The number of ether oxygens (including phenoxy) is 3. The van der Waals surface area contributed by atoms with Crippen LogP contribution in [0.5, 0.6) is 17.2 Å². The van der Waals surface area contributed by atoms with Crippen LogP contribution in [-0.2, 0) is 9.59 Å². The summed E-state index contributed by atoms with van der Waals surface area (Å²) in [7, 11) is 0. The van der Waals surface area contributed by atoms with E-state index in [1.165, 1.54) is 0 Å². The predicted molar refractivity (Wildman–Crippen MR) is 104 cm³/mol. The molecule has 0 aliphatic carbocycles. The summed E-state index contributed by atoms with van der Waals surface area (Å²) >= 11 is 0. The van der Waals surface area contributed by atoms with Crippen LogP contribution < -0.4 is 19.1 Å². The minimum Gasteiger partial charge on any atom is -0.486 e. The van der Waals surface area contributed by atoms with E-state index in [4.69, 9.17) is 14.2 Å². The van der Waals surface area contributed by atoms with Gasteiger partial charge >= 0.3 is 5.97 Å². The van der Waals surface area contributed by atoms with Crippen LogP contribution in [0.25, 0.3) is 0 Å². The molecule has 0 N–H and O–H groups in total. The number of aryl methyl sites for hydroxylation is 2. The Hall–Kier alpha value is -3.02. The number of hydrogen-bond acceptors (Lipinski definition) is 5. The maximum absolute atomic E-state index is 12.7. The van der Waals surface area contributed by atoms with Crippen LogP contribution in [-0.4, -0.2) is 31.6 Å². The van der Waals surface area contributed by atoms with Crippen molar-refractivity contribution < 1.29 is 23.8 Å². The third-order valence-corrected chi connectivity index (χ3v) is 5.37. The number of fused-ring (bicyclic) bond motifs is 1. The van der Waals surface area contributed by atoms with Crippen LogP contribution >= 0.6 is 0 Å². The zero-order chi connectivity index (χ0) is 19.8. The summed E-state index contributed by atoms with van der Waals surface area (Å²) in [6.45, 7) is 7.12. The van der Waals surface area contributed by atoms with E-state index in [9.17, 15) is 9.59 Å². The number of hydrogen-bond donors (Lipinski definition) is 0. The highest BCUT2D eigenvalue weighted by molar-refractivity contribution is 6.00. The Morgan fingerprint density at radius 1 is 1.04 bits per heavy atom. The first-order valence-corrected chi connectivity index (χ1v) is 9.42. The van der Waals surface area contributed by atoms with Gasteiger partial charge in [0.05, 0.1) is 5.92 Å². The molecule has 0 bridgehead atoms. The lowest BCUT2D eigenvalue weighted by molar-refractivity contribution is -0.139. The number of carbonyl (C=O) groups is 2. The Labute approximate surface area is 164 Å². The molecule has 1 fully saturated rings. The second-order valence-corrected chi connectivity index (χ2v) is 7.31. The van der Waals surface area contributed by atoms with E-state index < -0.39 is 5.92 Å². The van der Waals surface area contributed by atoms with Gasteiger partial charge in [-0.3, -0.25) is 9.59 Å². The first-order chi connectivity index (χ1) is 13.4. The number of rotatable bonds is 3. The largest absolute Gasteiger partial charge is 0.486 e. The molecular weight excluding hydrogens is 358 g/mol. The summed E-state index contributed by atoms with van der Waals surface area (Å²) in [5.74, 6) is 0.910. The van der Waals surface area contributed by atoms with E-state index in [0.29, 0.717) is 42.7 Å². The van der Waals surface area contributed by atoms with Crippen molar-refractivity contribution in [3.05, 3.63) is 47.0 Å². The lowest BCUT2D eigenvalue weighted by atomic mass is 10.0. The summed E-state index contributed by atoms with van der Waals surface area (Å²) in [5, 5.41) is 0. The third kappa shape index (κ3) is 3.30. The fraction of sp³-hybridized carbons (Fsp3) is 0.364. The molecule has 6 nitrogen and oxygen atoms in total. The molecular formula is C22H23NO5. The van der Waals surface area contributed by atoms with Crippen molar-refractivity contribution in [2.75, 3.05) is 24.7 Å². The van der Waals surface area contributed by atoms with Crippen LogP contribution in [0.4, 0.5) is 5.69 Å². The molecule has 2 heterocycles. The van der Waals surface area contributed by atoms with Crippen molar-refractivity contribution in [1.29, 1.82) is 0 Å². The monoisotopic (exact) mass is 381 g/mol. The Morgan fingerprint density at radius 2 is 1.75 bits per heavy atom. The lowest BCUT2D eigenvalue weighted by Gasteiger charge is -2.22. The molecule has 0 radical (unpaired) electrons. The quantitative estimate of drug-likeness (QED) is 0.603. The summed E-state index contributed by atoms with van der Waals surface area (Å²) in [6.07, 6.45) is 0.136. The fourth-order valence-electron chi connectivity index (χ4n) is 3.58. The molecule has 146 valence electrons. The normalized spacial score (nSPS) is 18.3. The zero-order valence-corrected chi connectivity index (χ0v) is 16.3. The third-order valence-electron chi connectivity index (χ3n) is 5.37. The molecule has 1 saturated heterocycles. The highest BCUT2D eigenvalue weighted by Gasteiger charge is 2.37. The van der Waals surface area contributed by atoms with Gasteiger partial charge in [-0.15, -0.1) is 0 Å². The lowest BCUT2D eigenvalue weighted by Crippen LogP contribution is -2.27. The van der Waals surface area contributed by atoms with Crippen molar-refractivity contribution in [3.8, 4) is 17.2 Å². The second kappa shape index (κ2) is 7.19. The number of esters is 1. The number of benzene rings is 2. The SMILES string of the molecule is Cc1ccc(C)c(OC(=O)C2CC(=O)N(c3ccc4c(c3)OCCO4)C2)c1C. The topological polar surface area (TPSA) is 65.1 Å². The van der Waals surface area contributed by atoms with Crippen LogP contribution in [0.15, 0.2) is 30.3 Å². The summed E-state index contributed by atoms with van der Waals surface area (Å²) < 4.78 is 16.8. The summed E-state index contributed by atoms with van der Waals surface area (Å²) in [4.78, 5) is 26.9. The minimum atomic E-state index is -0.500. The minimum absolute atomic E-state index is 0.101. The highest BCUT2D eigenvalue weighted by atomic mass is 16.6. The molecule has 28 heavy (non-hydrogen) atoms. The molecule has 4 rings (SSSR count). The van der Waals surface area contributed by atoms with E-state index >= 15 is 0 Å². The van der Waals surface area contributed by atoms with E-state index in [1.54, 1.807) is 17.0 Å². The van der Waals surface area contributed by atoms with Crippen LogP contribution in [0, 0.1) is 26.7 Å². The molecule has 0 aromatic heterocycles. The van der Waals surface area contributed by atoms with Crippen molar-refractivity contribution in [2.45, 2.75) is 27.2 Å². The maximum atomic E-state index is 12.7. The Bertz CT molecular complexity index is 952. The second-order valence-electron chi connectivity index (χ2n) is 7.31. The zero-order valence-electron chi connectivity index (χ0n) is 16.3. The average Bonchev–Trinajstić information content (AvgIpc) is 3.09. The van der Waals surface area contributed by atoms with Crippen molar-refractivity contribution in [2.24, 2.45) is 5.92 Å². The average molecular weight is 381 g/mol. The van der Waals surface area contributed by atoms with Crippen molar-refractivity contribution >= 4 is 17.6 Å². The van der Waals surface area contributed by atoms with Gasteiger partial charge < -0.3 is 19.1 Å². The van der Waals surface area contributed by atoms with E-state index in [1.807, 2.05) is 39.0 Å². The molecule has 2 aromatic carbocycles. The Balaban J connectivity index is 1.50. The smallest absolute Gasteiger partial charge is 0.316 e. The van der Waals surface area contributed by atoms with E-state index in [-0.39, 0.29) is 18.3 Å². The predicted octanol–water partition coefficient (Wildman–Crippen LogP) is 3.34. The van der Waals surface area contributed by atoms with Gasteiger partial charge in [0, 0.05) is 24.7 Å². The molecule has 1 atom stereocenters. The molecule has 6 heteroatoms. The van der Waals surface area contributed by atoms with Crippen molar-refractivity contribution in [1.82, 2.24) is 0 Å². The van der Waals surface area contributed by atoms with Gasteiger partial charge in [-0.2, -0.15) is 0 Å². The van der Waals surface area contributed by atoms with Gasteiger partial charge in [0.25, 0.3) is 0 Å². The molecule has 0 saturated carbocycles. The molecule has 1 unspecified atom stereocenters. The first kappa shape index (κ1) is 18.3. The summed E-state index contributed by atoms with van der Waals surface area (Å²) in [6, 6.07) is 9.34. The first-order valence-electron chi connectivity index (χ1n) is 9.42. The molecule has 1 amide bonds. The van der Waals surface area contributed by atoms with Gasteiger partial charge in [-0.1, -0.05) is 12.1 Å². The van der Waals surface area contributed by atoms with Gasteiger partial charge in [0.15, 0.2) is 11.5 Å². The number of amides is 1. The molecule has 2 aliphatic heterocycles. The molecule has 2 aliphatic rings. The number of nitrogens with zero attached hydrogens (tertiary/aromatic N) is 1. The Morgan fingerprint density at radius 3 is 2.54 bits per heavy atom. The van der Waals surface area contributed by atoms with E-state index in [2.05, 4.69) is 0 Å². The van der Waals surface area contributed by atoms with Crippen molar-refractivity contribution in [3.63, 3.8) is 0 Å². The van der Waals surface area contributed by atoms with Crippen LogP contribution in [0.2, 0.25) is 0 Å². The maximum Gasteiger partial charge on any atom is 0.316 e.